The van der Waals surface area contributed by atoms with Crippen molar-refractivity contribution in [3.63, 3.8) is 0 Å². The fourth-order valence-corrected chi connectivity index (χ4v) is 6.17. The molecule has 6 rings (SSSR count). The second-order valence-corrected chi connectivity index (χ2v) is 10.9. The first-order valence-corrected chi connectivity index (χ1v) is 14.2. The number of aromatic amines is 1. The maximum atomic E-state index is 13.6. The van der Waals surface area contributed by atoms with E-state index in [9.17, 15) is 9.59 Å². The Morgan fingerprint density at radius 1 is 1.00 bits per heavy atom. The first-order chi connectivity index (χ1) is 19.5. The Morgan fingerprint density at radius 3 is 2.65 bits per heavy atom. The number of aromatic nitrogens is 3. The van der Waals surface area contributed by atoms with E-state index < -0.39 is 0 Å². The number of piperidine rings is 1. The monoisotopic (exact) mass is 536 g/mol. The summed E-state index contributed by atoms with van der Waals surface area (Å²) in [6.07, 6.45) is 7.94. The van der Waals surface area contributed by atoms with Crippen LogP contribution in [0, 0.1) is 6.92 Å². The van der Waals surface area contributed by atoms with Gasteiger partial charge in [0.05, 0.1) is 18.2 Å². The molecule has 0 saturated carbocycles. The number of benzene rings is 2. The molecule has 0 aliphatic carbocycles. The van der Waals surface area contributed by atoms with Gasteiger partial charge in [-0.05, 0) is 93.1 Å². The number of likely N-dealkylation sites (tertiary alicyclic amines) is 1. The highest BCUT2D eigenvalue weighted by atomic mass is 16.5. The van der Waals surface area contributed by atoms with Crippen molar-refractivity contribution >= 4 is 16.4 Å². The van der Waals surface area contributed by atoms with Crippen molar-refractivity contribution in [3.8, 4) is 16.9 Å². The quantitative estimate of drug-likeness (QED) is 0.263. The van der Waals surface area contributed by atoms with Crippen LogP contribution in [0.15, 0.2) is 82.6 Å². The standard InChI is InChI=1S/C33H36N4O3/c1-23-10-12-24(13-11-23)31-30-9-3-4-18-36(30)33(39)37(32(31)38)19-6-5-16-35-17-7-8-25(22-35)28-21-34-29-15-14-26(40-2)20-27(28)29/h3-4,9-15,18,20-21,25,34H,5-8,16-17,19,22H2,1-2H3. The molecule has 1 atom stereocenters. The van der Waals surface area contributed by atoms with Crippen LogP contribution in [0.25, 0.3) is 27.5 Å². The summed E-state index contributed by atoms with van der Waals surface area (Å²) in [6.45, 7) is 5.49. The summed E-state index contributed by atoms with van der Waals surface area (Å²) < 4.78 is 8.48. The van der Waals surface area contributed by atoms with Crippen molar-refractivity contribution in [2.45, 2.75) is 45.1 Å². The van der Waals surface area contributed by atoms with Crippen LogP contribution in [0.4, 0.5) is 0 Å². The first kappa shape index (κ1) is 26.1. The van der Waals surface area contributed by atoms with E-state index >= 15 is 0 Å². The Labute approximate surface area is 233 Å². The van der Waals surface area contributed by atoms with Crippen molar-refractivity contribution in [1.29, 1.82) is 0 Å². The molecule has 1 aliphatic rings. The van der Waals surface area contributed by atoms with Crippen molar-refractivity contribution in [2.24, 2.45) is 0 Å². The van der Waals surface area contributed by atoms with E-state index in [1.165, 1.54) is 21.9 Å². The Hall–Kier alpha value is -4.10. The topological polar surface area (TPSA) is 71.7 Å². The summed E-state index contributed by atoms with van der Waals surface area (Å²) in [4.78, 5) is 32.9. The number of nitrogens with one attached hydrogen (secondary N) is 1. The molecule has 1 saturated heterocycles. The molecule has 1 unspecified atom stereocenters. The van der Waals surface area contributed by atoms with Crippen molar-refractivity contribution in [3.05, 3.63) is 105 Å². The molecule has 3 aromatic heterocycles. The van der Waals surface area contributed by atoms with Gasteiger partial charge in [0.2, 0.25) is 0 Å². The van der Waals surface area contributed by atoms with Crippen LogP contribution in [-0.4, -0.2) is 45.6 Å². The van der Waals surface area contributed by atoms with Crippen LogP contribution in [0.3, 0.4) is 0 Å². The van der Waals surface area contributed by atoms with Gasteiger partial charge >= 0.3 is 5.69 Å². The molecule has 206 valence electrons. The molecular formula is C33H36N4O3. The average molecular weight is 537 g/mol. The van der Waals surface area contributed by atoms with Crippen molar-refractivity contribution in [2.75, 3.05) is 26.7 Å². The molecule has 1 aliphatic heterocycles. The summed E-state index contributed by atoms with van der Waals surface area (Å²) >= 11 is 0. The summed E-state index contributed by atoms with van der Waals surface area (Å²) in [6, 6.07) is 19.7. The number of nitrogens with zero attached hydrogens (tertiary/aromatic N) is 3. The minimum absolute atomic E-state index is 0.215. The summed E-state index contributed by atoms with van der Waals surface area (Å²) in [5.74, 6) is 1.35. The van der Waals surface area contributed by atoms with E-state index in [2.05, 4.69) is 28.2 Å². The molecule has 7 nitrogen and oxygen atoms in total. The summed E-state index contributed by atoms with van der Waals surface area (Å²) in [5, 5.41) is 1.24. The number of ether oxygens (including phenoxy) is 1. The third-order valence-corrected chi connectivity index (χ3v) is 8.32. The van der Waals surface area contributed by atoms with E-state index in [0.717, 1.165) is 61.3 Å². The number of rotatable bonds is 8. The number of hydrogen-bond acceptors (Lipinski definition) is 4. The van der Waals surface area contributed by atoms with Gasteiger partial charge in [-0.2, -0.15) is 0 Å². The van der Waals surface area contributed by atoms with E-state index in [1.54, 1.807) is 17.7 Å². The summed E-state index contributed by atoms with van der Waals surface area (Å²) in [5.41, 5.74) is 5.20. The van der Waals surface area contributed by atoms with Crippen LogP contribution in [0.5, 0.6) is 5.75 Å². The van der Waals surface area contributed by atoms with Gasteiger partial charge in [-0.15, -0.1) is 0 Å². The first-order valence-electron chi connectivity index (χ1n) is 14.2. The van der Waals surface area contributed by atoms with Crippen LogP contribution in [0.2, 0.25) is 0 Å². The van der Waals surface area contributed by atoms with Crippen LogP contribution in [-0.2, 0) is 6.54 Å². The minimum Gasteiger partial charge on any atom is -0.497 e. The number of H-pyrrole nitrogens is 1. The highest BCUT2D eigenvalue weighted by Gasteiger charge is 2.24. The number of pyridine rings is 1. The smallest absolute Gasteiger partial charge is 0.335 e. The second-order valence-electron chi connectivity index (χ2n) is 10.9. The lowest BCUT2D eigenvalue weighted by Gasteiger charge is -2.32. The third kappa shape index (κ3) is 4.97. The van der Waals surface area contributed by atoms with E-state index in [4.69, 9.17) is 4.74 Å². The second kappa shape index (κ2) is 11.2. The molecule has 0 spiro atoms. The van der Waals surface area contributed by atoms with Gasteiger partial charge in [0.1, 0.15) is 5.75 Å². The predicted molar refractivity (Wildman–Crippen MR) is 161 cm³/mol. The lowest BCUT2D eigenvalue weighted by Crippen LogP contribution is -2.39. The molecular weight excluding hydrogens is 500 g/mol. The normalized spacial score (nSPS) is 16.1. The largest absolute Gasteiger partial charge is 0.497 e. The lowest BCUT2D eigenvalue weighted by atomic mass is 9.90. The number of aryl methyl sites for hydroxylation is 1. The fourth-order valence-electron chi connectivity index (χ4n) is 6.17. The highest BCUT2D eigenvalue weighted by Crippen LogP contribution is 2.34. The maximum Gasteiger partial charge on any atom is 0.335 e. The SMILES string of the molecule is COc1ccc2[nH]cc(C3CCCN(CCCCn4c(=O)c(-c5ccc(C)cc5)c5ccccn5c4=O)C3)c2c1. The Kier molecular flexibility index (Phi) is 7.30. The van der Waals surface area contributed by atoms with Crippen molar-refractivity contribution < 1.29 is 4.74 Å². The zero-order valence-electron chi connectivity index (χ0n) is 23.2. The minimum atomic E-state index is -0.274. The summed E-state index contributed by atoms with van der Waals surface area (Å²) in [7, 11) is 1.71. The van der Waals surface area contributed by atoms with Gasteiger partial charge in [-0.1, -0.05) is 35.9 Å². The van der Waals surface area contributed by atoms with Crippen LogP contribution < -0.4 is 16.0 Å². The molecule has 1 N–H and O–H groups in total. The number of methoxy groups -OCH3 is 1. The number of fused-ring (bicyclic) bond motifs is 2. The van der Waals surface area contributed by atoms with Gasteiger partial charge in [-0.3, -0.25) is 13.8 Å². The predicted octanol–water partition coefficient (Wildman–Crippen LogP) is 5.59. The van der Waals surface area contributed by atoms with E-state index in [1.807, 2.05) is 55.5 Å². The maximum absolute atomic E-state index is 13.6. The lowest BCUT2D eigenvalue weighted by molar-refractivity contribution is 0.204. The van der Waals surface area contributed by atoms with Gasteiger partial charge in [0, 0.05) is 36.4 Å². The van der Waals surface area contributed by atoms with Crippen LogP contribution in [0.1, 0.15) is 42.7 Å². The molecule has 2 aromatic carbocycles. The van der Waals surface area contributed by atoms with Gasteiger partial charge in [0.25, 0.3) is 5.56 Å². The molecule has 1 fully saturated rings. The van der Waals surface area contributed by atoms with E-state index in [-0.39, 0.29) is 11.2 Å². The third-order valence-electron chi connectivity index (χ3n) is 8.32. The Balaban J connectivity index is 1.16. The molecule has 0 radical (unpaired) electrons. The Bertz CT molecular complexity index is 1760. The molecule has 7 heteroatoms. The highest BCUT2D eigenvalue weighted by molar-refractivity contribution is 5.85. The number of unbranched alkanes of at least 4 members (excludes halogenated alkanes) is 1. The molecule has 4 heterocycles. The molecule has 0 amide bonds. The number of hydrogen-bond donors (Lipinski definition) is 1. The van der Waals surface area contributed by atoms with Gasteiger partial charge in [-0.25, -0.2) is 4.79 Å². The van der Waals surface area contributed by atoms with Crippen molar-refractivity contribution in [1.82, 2.24) is 18.9 Å². The van der Waals surface area contributed by atoms with E-state index in [0.29, 0.717) is 23.5 Å². The fraction of sp³-hybridized carbons (Fsp3) is 0.333. The van der Waals surface area contributed by atoms with Gasteiger partial charge < -0.3 is 14.6 Å². The Morgan fingerprint density at radius 2 is 1.82 bits per heavy atom. The molecule has 5 aromatic rings. The molecule has 40 heavy (non-hydrogen) atoms. The molecule has 0 bridgehead atoms. The zero-order chi connectivity index (χ0) is 27.6. The van der Waals surface area contributed by atoms with Crippen LogP contribution >= 0.6 is 0 Å². The average Bonchev–Trinajstić information content (AvgIpc) is 3.41. The van der Waals surface area contributed by atoms with Gasteiger partial charge in [0.15, 0.2) is 0 Å². The zero-order valence-corrected chi connectivity index (χ0v) is 23.2.